The predicted octanol–water partition coefficient (Wildman–Crippen LogP) is 8.27. The first-order valence-electron chi connectivity index (χ1n) is 18.3. The van der Waals surface area contributed by atoms with Gasteiger partial charge in [-0.2, -0.15) is 5.10 Å². The maximum absolute atomic E-state index is 12.5. The van der Waals surface area contributed by atoms with Gasteiger partial charge in [-0.3, -0.25) is 0 Å². The van der Waals surface area contributed by atoms with Gasteiger partial charge >= 0.3 is 0 Å². The zero-order valence-corrected chi connectivity index (χ0v) is 31.2. The number of benzene rings is 5. The Hall–Kier alpha value is -5.84. The Balaban J connectivity index is 1.28. The van der Waals surface area contributed by atoms with Crippen molar-refractivity contribution in [1.29, 1.82) is 0 Å². The summed E-state index contributed by atoms with van der Waals surface area (Å²) >= 11 is 0. The maximum Gasteiger partial charge on any atom is 0.155 e. The SMILES string of the molecule is COc1ccc(CO[C@@H]([C@H](O)COC(c2ccccc2)(c2ccccc2)c2ccccc2)[C@H](OCc2ccc(OC)cc2)c2cnc3cc(C)nn3c2)cc1. The number of aliphatic hydroxyl groups excluding tert-OH is 1. The Labute approximate surface area is 321 Å². The summed E-state index contributed by atoms with van der Waals surface area (Å²) in [6, 6.07) is 47.5. The lowest BCUT2D eigenvalue weighted by molar-refractivity contribution is -0.158. The fraction of sp³-hybridized carbons (Fsp3) is 0.217. The van der Waals surface area contributed by atoms with Gasteiger partial charge in [0.15, 0.2) is 5.65 Å². The molecule has 0 radical (unpaired) electrons. The molecule has 0 fully saturated rings. The molecular weight excluding hydrogens is 691 g/mol. The standard InChI is InChI=1S/C46H45N3O6/c1-33-27-43-47-28-36(29-49(43)48-33)44(53-30-34-19-23-40(51-2)24-20-34)45(54-31-35-21-25-41(52-3)26-22-35)42(50)32-55-46(37-13-7-4-8-14-37,38-15-9-5-10-16-38)39-17-11-6-12-18-39/h4-29,42,44-45,50H,30-32H2,1-3H3/t42-,44-,45+/m1/s1. The van der Waals surface area contributed by atoms with E-state index in [1.54, 1.807) is 24.9 Å². The Kier molecular flexibility index (Phi) is 11.9. The monoisotopic (exact) mass is 735 g/mol. The number of ether oxygens (including phenoxy) is 5. The molecule has 7 rings (SSSR count). The number of nitrogens with zero attached hydrogens (tertiary/aromatic N) is 3. The molecule has 0 aliphatic heterocycles. The lowest BCUT2D eigenvalue weighted by atomic mass is 9.80. The minimum Gasteiger partial charge on any atom is -0.497 e. The summed E-state index contributed by atoms with van der Waals surface area (Å²) in [5.74, 6) is 1.48. The third-order valence-corrected chi connectivity index (χ3v) is 9.66. The summed E-state index contributed by atoms with van der Waals surface area (Å²) in [6.07, 6.45) is 0.753. The van der Waals surface area contributed by atoms with Gasteiger partial charge in [-0.15, -0.1) is 0 Å². The molecule has 55 heavy (non-hydrogen) atoms. The van der Waals surface area contributed by atoms with Crippen molar-refractivity contribution in [1.82, 2.24) is 14.6 Å². The minimum atomic E-state index is -1.18. The largest absolute Gasteiger partial charge is 0.497 e. The van der Waals surface area contributed by atoms with Crippen molar-refractivity contribution in [2.45, 2.75) is 44.1 Å². The van der Waals surface area contributed by atoms with E-state index in [2.05, 4.69) is 41.5 Å². The molecule has 0 aliphatic rings. The Morgan fingerprint density at radius 3 is 1.64 bits per heavy atom. The fourth-order valence-electron chi connectivity index (χ4n) is 6.83. The predicted molar refractivity (Wildman–Crippen MR) is 211 cm³/mol. The second-order valence-electron chi connectivity index (χ2n) is 13.3. The number of hydrogen-bond acceptors (Lipinski definition) is 8. The first-order valence-corrected chi connectivity index (χ1v) is 18.3. The van der Waals surface area contributed by atoms with E-state index in [4.69, 9.17) is 28.7 Å². The van der Waals surface area contributed by atoms with E-state index < -0.39 is 23.9 Å². The van der Waals surface area contributed by atoms with Crippen LogP contribution in [-0.4, -0.2) is 52.7 Å². The summed E-state index contributed by atoms with van der Waals surface area (Å²) in [5.41, 5.74) is 5.75. The highest BCUT2D eigenvalue weighted by molar-refractivity contribution is 5.47. The highest BCUT2D eigenvalue weighted by Crippen LogP contribution is 2.41. The van der Waals surface area contributed by atoms with Crippen LogP contribution in [0.3, 0.4) is 0 Å². The normalized spacial score (nSPS) is 13.3. The van der Waals surface area contributed by atoms with Crippen molar-refractivity contribution in [3.8, 4) is 11.5 Å². The molecule has 3 atom stereocenters. The van der Waals surface area contributed by atoms with Gasteiger partial charge in [0.2, 0.25) is 0 Å². The van der Waals surface area contributed by atoms with Crippen molar-refractivity contribution in [3.05, 3.63) is 197 Å². The van der Waals surface area contributed by atoms with Gasteiger partial charge in [0.25, 0.3) is 0 Å². The van der Waals surface area contributed by atoms with Crippen LogP contribution in [0.2, 0.25) is 0 Å². The summed E-state index contributed by atoms with van der Waals surface area (Å²) < 4.78 is 33.1. The summed E-state index contributed by atoms with van der Waals surface area (Å²) in [6.45, 7) is 2.23. The summed E-state index contributed by atoms with van der Waals surface area (Å²) in [4.78, 5) is 4.71. The molecule has 0 saturated carbocycles. The molecule has 0 bridgehead atoms. The lowest BCUT2D eigenvalue weighted by Crippen LogP contribution is -2.43. The number of methoxy groups -OCH3 is 2. The smallest absolute Gasteiger partial charge is 0.155 e. The zero-order chi connectivity index (χ0) is 38.0. The van der Waals surface area contributed by atoms with Crippen LogP contribution in [0.5, 0.6) is 11.5 Å². The number of hydrogen-bond donors (Lipinski definition) is 1. The van der Waals surface area contributed by atoms with Crippen LogP contribution in [0, 0.1) is 6.92 Å². The Morgan fingerprint density at radius 1 is 0.655 bits per heavy atom. The van der Waals surface area contributed by atoms with Gasteiger partial charge < -0.3 is 28.8 Å². The fourth-order valence-corrected chi connectivity index (χ4v) is 6.83. The van der Waals surface area contributed by atoms with E-state index in [9.17, 15) is 5.11 Å². The van der Waals surface area contributed by atoms with E-state index in [0.717, 1.165) is 45.0 Å². The van der Waals surface area contributed by atoms with Crippen molar-refractivity contribution in [2.24, 2.45) is 0 Å². The van der Waals surface area contributed by atoms with Crippen molar-refractivity contribution in [3.63, 3.8) is 0 Å². The van der Waals surface area contributed by atoms with Gasteiger partial charge in [0.1, 0.15) is 35.4 Å². The second-order valence-corrected chi connectivity index (χ2v) is 13.3. The molecule has 2 heterocycles. The molecule has 5 aromatic carbocycles. The average molecular weight is 736 g/mol. The Bertz CT molecular complexity index is 2130. The number of aliphatic hydroxyl groups is 1. The van der Waals surface area contributed by atoms with E-state index in [-0.39, 0.29) is 19.8 Å². The molecule has 9 nitrogen and oxygen atoms in total. The van der Waals surface area contributed by atoms with E-state index in [0.29, 0.717) is 11.2 Å². The first kappa shape index (κ1) is 37.5. The molecule has 7 aromatic rings. The molecule has 1 N–H and O–H groups in total. The number of rotatable bonds is 17. The van der Waals surface area contributed by atoms with Crippen molar-refractivity contribution >= 4 is 5.65 Å². The van der Waals surface area contributed by atoms with Crippen LogP contribution in [-0.2, 0) is 33.0 Å². The van der Waals surface area contributed by atoms with Crippen LogP contribution in [0.15, 0.2) is 158 Å². The summed E-state index contributed by atoms with van der Waals surface area (Å²) in [7, 11) is 3.27. The molecule has 0 saturated heterocycles. The van der Waals surface area contributed by atoms with E-state index in [1.165, 1.54) is 0 Å². The highest BCUT2D eigenvalue weighted by Gasteiger charge is 2.40. The molecule has 0 aliphatic carbocycles. The van der Waals surface area contributed by atoms with E-state index >= 15 is 0 Å². The molecule has 2 aromatic heterocycles. The van der Waals surface area contributed by atoms with Crippen LogP contribution < -0.4 is 9.47 Å². The van der Waals surface area contributed by atoms with Gasteiger partial charge in [-0.1, -0.05) is 115 Å². The van der Waals surface area contributed by atoms with Gasteiger partial charge in [0, 0.05) is 24.0 Å². The maximum atomic E-state index is 12.5. The molecular formula is C46H45N3O6. The summed E-state index contributed by atoms with van der Waals surface area (Å²) in [5, 5.41) is 17.1. The number of aryl methyl sites for hydroxylation is 1. The van der Waals surface area contributed by atoms with Crippen LogP contribution in [0.1, 0.15) is 45.2 Å². The van der Waals surface area contributed by atoms with Crippen LogP contribution >= 0.6 is 0 Å². The van der Waals surface area contributed by atoms with Gasteiger partial charge in [0.05, 0.1) is 39.7 Å². The van der Waals surface area contributed by atoms with Crippen LogP contribution in [0.4, 0.5) is 0 Å². The third-order valence-electron chi connectivity index (χ3n) is 9.66. The topological polar surface area (TPSA) is 96.6 Å². The van der Waals surface area contributed by atoms with Crippen molar-refractivity contribution < 1.29 is 28.8 Å². The molecule has 9 heteroatoms. The van der Waals surface area contributed by atoms with Gasteiger partial charge in [-0.05, 0) is 59.0 Å². The molecule has 0 amide bonds. The zero-order valence-electron chi connectivity index (χ0n) is 31.2. The Morgan fingerprint density at radius 2 is 1.15 bits per heavy atom. The molecule has 0 unspecified atom stereocenters. The highest BCUT2D eigenvalue weighted by atomic mass is 16.6. The molecule has 280 valence electrons. The average Bonchev–Trinajstić information content (AvgIpc) is 3.63. The molecule has 0 spiro atoms. The third kappa shape index (κ3) is 8.61. The lowest BCUT2D eigenvalue weighted by Gasteiger charge is -2.38. The van der Waals surface area contributed by atoms with Gasteiger partial charge in [-0.25, -0.2) is 9.50 Å². The number of aromatic nitrogens is 3. The van der Waals surface area contributed by atoms with Crippen LogP contribution in [0.25, 0.3) is 5.65 Å². The second kappa shape index (κ2) is 17.5. The number of fused-ring (bicyclic) bond motifs is 1. The minimum absolute atomic E-state index is 0.106. The first-order chi connectivity index (χ1) is 27.0. The van der Waals surface area contributed by atoms with Crippen molar-refractivity contribution in [2.75, 3.05) is 20.8 Å². The quantitative estimate of drug-likeness (QED) is 0.0935. The van der Waals surface area contributed by atoms with E-state index in [1.807, 2.05) is 122 Å².